The molecule has 2 aromatic rings. The number of nitrogens with zero attached hydrogens (tertiary/aromatic N) is 5. The van der Waals surface area contributed by atoms with Crippen molar-refractivity contribution in [2.45, 2.75) is 57.3 Å². The minimum Gasteiger partial charge on any atom is -0.302 e. The van der Waals surface area contributed by atoms with Crippen LogP contribution in [0.4, 0.5) is 8.78 Å². The number of halogens is 2. The van der Waals surface area contributed by atoms with Gasteiger partial charge in [0, 0.05) is 19.0 Å². The van der Waals surface area contributed by atoms with Crippen LogP contribution in [0.2, 0.25) is 0 Å². The first-order valence-electron chi connectivity index (χ1n) is 9.42. The van der Waals surface area contributed by atoms with Crippen molar-refractivity contribution in [3.63, 3.8) is 0 Å². The van der Waals surface area contributed by atoms with Gasteiger partial charge in [-0.1, -0.05) is 19.3 Å². The maximum absolute atomic E-state index is 13.4. The molecule has 7 heteroatoms. The fourth-order valence-electron chi connectivity index (χ4n) is 4.42. The number of hydrogen-bond donors (Lipinski definition) is 0. The van der Waals surface area contributed by atoms with Gasteiger partial charge in [0.1, 0.15) is 12.0 Å². The summed E-state index contributed by atoms with van der Waals surface area (Å²) in [5.41, 5.74) is 0.631. The Hall–Kier alpha value is -1.63. The molecule has 3 heterocycles. The molecule has 0 amide bonds. The van der Waals surface area contributed by atoms with E-state index in [-0.39, 0.29) is 17.4 Å². The van der Waals surface area contributed by atoms with Crippen LogP contribution in [0.25, 0.3) is 5.78 Å². The highest BCUT2D eigenvalue weighted by molar-refractivity contribution is 5.32. The second-order valence-corrected chi connectivity index (χ2v) is 7.48. The third-order valence-electron chi connectivity index (χ3n) is 5.69. The first-order valence-corrected chi connectivity index (χ1v) is 9.42. The van der Waals surface area contributed by atoms with Crippen LogP contribution in [-0.2, 0) is 0 Å². The Balaban J connectivity index is 1.51. The fraction of sp³-hybridized carbons (Fsp3) is 0.722. The molecule has 1 saturated carbocycles. The molecule has 1 saturated heterocycles. The van der Waals surface area contributed by atoms with Crippen molar-refractivity contribution in [2.24, 2.45) is 5.92 Å². The molecule has 136 valence electrons. The summed E-state index contributed by atoms with van der Waals surface area (Å²) < 4.78 is 27.9. The van der Waals surface area contributed by atoms with E-state index in [1.807, 2.05) is 0 Å². The number of piperidine rings is 1. The van der Waals surface area contributed by atoms with Gasteiger partial charge in [0.2, 0.25) is 0 Å². The van der Waals surface area contributed by atoms with Gasteiger partial charge in [-0.05, 0) is 44.2 Å². The van der Waals surface area contributed by atoms with Crippen LogP contribution in [-0.4, -0.2) is 44.1 Å². The van der Waals surface area contributed by atoms with Crippen molar-refractivity contribution in [3.05, 3.63) is 23.8 Å². The van der Waals surface area contributed by atoms with E-state index in [9.17, 15) is 8.78 Å². The molecule has 0 spiro atoms. The van der Waals surface area contributed by atoms with Crippen molar-refractivity contribution in [3.8, 4) is 0 Å². The van der Waals surface area contributed by atoms with Gasteiger partial charge in [-0.25, -0.2) is 13.8 Å². The van der Waals surface area contributed by atoms with Gasteiger partial charge >= 0.3 is 0 Å². The van der Waals surface area contributed by atoms with Crippen molar-refractivity contribution in [1.29, 1.82) is 0 Å². The summed E-state index contributed by atoms with van der Waals surface area (Å²) in [6.45, 7) is 3.17. The monoisotopic (exact) mass is 349 g/mol. The third kappa shape index (κ3) is 3.66. The lowest BCUT2D eigenvalue weighted by Gasteiger charge is -2.36. The van der Waals surface area contributed by atoms with Crippen LogP contribution in [0.3, 0.4) is 0 Å². The van der Waals surface area contributed by atoms with E-state index in [1.54, 1.807) is 0 Å². The van der Waals surface area contributed by atoms with Gasteiger partial charge in [-0.3, -0.25) is 0 Å². The Kier molecular flexibility index (Phi) is 4.92. The van der Waals surface area contributed by atoms with Crippen molar-refractivity contribution >= 4 is 5.78 Å². The van der Waals surface area contributed by atoms with Crippen LogP contribution in [0, 0.1) is 5.92 Å². The Bertz CT molecular complexity index is 711. The van der Waals surface area contributed by atoms with Gasteiger partial charge in [-0.15, -0.1) is 0 Å². The maximum Gasteiger partial charge on any atom is 0.280 e. The first kappa shape index (κ1) is 16.8. The molecule has 0 radical (unpaired) electrons. The van der Waals surface area contributed by atoms with Crippen molar-refractivity contribution in [2.75, 3.05) is 19.6 Å². The lowest BCUT2D eigenvalue weighted by molar-refractivity contribution is 0.142. The quantitative estimate of drug-likeness (QED) is 0.842. The Morgan fingerprint density at radius 1 is 1.12 bits per heavy atom. The van der Waals surface area contributed by atoms with E-state index in [0.29, 0.717) is 0 Å². The molecule has 2 aliphatic rings. The van der Waals surface area contributed by atoms with Crippen molar-refractivity contribution < 1.29 is 8.78 Å². The summed E-state index contributed by atoms with van der Waals surface area (Å²) in [5, 5.41) is 3.87. The van der Waals surface area contributed by atoms with E-state index in [1.165, 1.54) is 44.5 Å². The van der Waals surface area contributed by atoms with E-state index in [4.69, 9.17) is 0 Å². The number of likely N-dealkylation sites (tertiary alicyclic amines) is 1. The van der Waals surface area contributed by atoms with E-state index >= 15 is 0 Å². The molecule has 1 atom stereocenters. The number of alkyl halides is 2. The standard InChI is InChI=1S/C18H25F2N5/c19-17(20)16-9-15(23-18-21-12-22-25(16)18)14-7-4-8-24(11-14)10-13-5-2-1-3-6-13/h9,12-14,17H,1-8,10-11H2/t14-/m0/s1. The molecule has 25 heavy (non-hydrogen) atoms. The van der Waals surface area contributed by atoms with Gasteiger partial charge in [0.15, 0.2) is 0 Å². The molecule has 1 aliphatic carbocycles. The smallest absolute Gasteiger partial charge is 0.280 e. The SMILES string of the molecule is FC(F)c1cc([C@H]2CCCN(CC3CCCCC3)C2)nc2ncnn12. The van der Waals surface area contributed by atoms with Gasteiger partial charge < -0.3 is 4.90 Å². The Labute approximate surface area is 146 Å². The largest absolute Gasteiger partial charge is 0.302 e. The number of hydrogen-bond acceptors (Lipinski definition) is 4. The molecular weight excluding hydrogens is 324 g/mol. The molecule has 4 rings (SSSR count). The van der Waals surface area contributed by atoms with Gasteiger partial charge in [-0.2, -0.15) is 14.6 Å². The van der Waals surface area contributed by atoms with E-state index in [0.717, 1.165) is 48.6 Å². The van der Waals surface area contributed by atoms with Crippen molar-refractivity contribution in [1.82, 2.24) is 24.5 Å². The van der Waals surface area contributed by atoms with E-state index < -0.39 is 6.43 Å². The van der Waals surface area contributed by atoms with Crippen LogP contribution < -0.4 is 0 Å². The summed E-state index contributed by atoms with van der Waals surface area (Å²) in [6.07, 6.45) is 7.55. The Morgan fingerprint density at radius 2 is 1.96 bits per heavy atom. The molecule has 2 fully saturated rings. The lowest BCUT2D eigenvalue weighted by Crippen LogP contribution is -2.38. The third-order valence-corrected chi connectivity index (χ3v) is 5.69. The van der Waals surface area contributed by atoms with Crippen LogP contribution in [0.1, 0.15) is 68.7 Å². The summed E-state index contributed by atoms with van der Waals surface area (Å²) >= 11 is 0. The number of aromatic nitrogens is 4. The first-order chi connectivity index (χ1) is 12.2. The zero-order valence-corrected chi connectivity index (χ0v) is 14.4. The predicted octanol–water partition coefficient (Wildman–Crippen LogP) is 3.82. The summed E-state index contributed by atoms with van der Waals surface area (Å²) in [4.78, 5) is 11.1. The zero-order chi connectivity index (χ0) is 17.2. The highest BCUT2D eigenvalue weighted by atomic mass is 19.3. The molecule has 0 bridgehead atoms. The highest BCUT2D eigenvalue weighted by Crippen LogP contribution is 2.31. The topological polar surface area (TPSA) is 46.3 Å². The summed E-state index contributed by atoms with van der Waals surface area (Å²) in [6, 6.07) is 1.53. The average Bonchev–Trinajstić information content (AvgIpc) is 3.10. The van der Waals surface area contributed by atoms with Gasteiger partial charge in [0.05, 0.1) is 5.69 Å². The van der Waals surface area contributed by atoms with Gasteiger partial charge in [0.25, 0.3) is 12.2 Å². The average molecular weight is 349 g/mol. The molecule has 0 aromatic carbocycles. The minimum absolute atomic E-state index is 0.109. The van der Waals surface area contributed by atoms with Crippen LogP contribution >= 0.6 is 0 Å². The second kappa shape index (κ2) is 7.32. The van der Waals surface area contributed by atoms with E-state index in [2.05, 4.69) is 20.0 Å². The zero-order valence-electron chi connectivity index (χ0n) is 14.4. The lowest BCUT2D eigenvalue weighted by atomic mass is 9.87. The molecule has 0 unspecified atom stereocenters. The second-order valence-electron chi connectivity index (χ2n) is 7.48. The maximum atomic E-state index is 13.4. The minimum atomic E-state index is -2.58. The fourth-order valence-corrected chi connectivity index (χ4v) is 4.42. The van der Waals surface area contributed by atoms with Crippen LogP contribution in [0.5, 0.6) is 0 Å². The molecule has 1 aliphatic heterocycles. The highest BCUT2D eigenvalue weighted by Gasteiger charge is 2.27. The number of rotatable bonds is 4. The normalized spacial score (nSPS) is 23.6. The molecular formula is C18H25F2N5. The molecule has 5 nitrogen and oxygen atoms in total. The summed E-state index contributed by atoms with van der Waals surface area (Å²) in [7, 11) is 0. The Morgan fingerprint density at radius 3 is 2.76 bits per heavy atom. The summed E-state index contributed by atoms with van der Waals surface area (Å²) in [5.74, 6) is 1.28. The number of fused-ring (bicyclic) bond motifs is 1. The van der Waals surface area contributed by atoms with Crippen LogP contribution in [0.15, 0.2) is 12.4 Å². The molecule has 0 N–H and O–H groups in total. The molecule has 2 aromatic heterocycles. The predicted molar refractivity (Wildman–Crippen MR) is 90.7 cm³/mol.